The van der Waals surface area contributed by atoms with Gasteiger partial charge >= 0.3 is 0 Å². The van der Waals surface area contributed by atoms with Crippen molar-refractivity contribution in [3.05, 3.63) is 65.5 Å². The monoisotopic (exact) mass is 340 g/mol. The maximum Gasteiger partial charge on any atom is 0.252 e. The Hall–Kier alpha value is -2.69. The van der Waals surface area contributed by atoms with Gasteiger partial charge in [0.25, 0.3) is 5.91 Å². The Morgan fingerprint density at radius 1 is 1.12 bits per heavy atom. The van der Waals surface area contributed by atoms with E-state index in [4.69, 9.17) is 0 Å². The van der Waals surface area contributed by atoms with Crippen LogP contribution >= 0.6 is 0 Å². The summed E-state index contributed by atoms with van der Waals surface area (Å²) in [7, 11) is 0. The molecule has 0 bridgehead atoms. The molecule has 1 atom stereocenters. The Labute approximate surface area is 146 Å². The molecule has 1 heterocycles. The largest absolute Gasteiger partial charge is 0.340 e. The van der Waals surface area contributed by atoms with Gasteiger partial charge in [0, 0.05) is 17.8 Å². The smallest absolute Gasteiger partial charge is 0.252 e. The summed E-state index contributed by atoms with van der Waals surface area (Å²) in [6.45, 7) is 4.38. The topological polar surface area (TPSA) is 49.4 Å². The summed E-state index contributed by atoms with van der Waals surface area (Å²) in [6.07, 6.45) is 0.810. The van der Waals surface area contributed by atoms with Crippen molar-refractivity contribution in [1.82, 2.24) is 5.32 Å². The van der Waals surface area contributed by atoms with E-state index in [1.807, 2.05) is 38.1 Å². The van der Waals surface area contributed by atoms with Gasteiger partial charge in [-0.2, -0.15) is 0 Å². The predicted octanol–water partition coefficient (Wildman–Crippen LogP) is 3.17. The minimum Gasteiger partial charge on any atom is -0.340 e. The third kappa shape index (κ3) is 3.55. The first-order valence-electron chi connectivity index (χ1n) is 8.43. The lowest BCUT2D eigenvalue weighted by Crippen LogP contribution is -2.51. The van der Waals surface area contributed by atoms with Crippen LogP contribution in [0.2, 0.25) is 0 Å². The summed E-state index contributed by atoms with van der Waals surface area (Å²) in [6, 6.07) is 12.6. The first-order chi connectivity index (χ1) is 12.0. The van der Waals surface area contributed by atoms with Gasteiger partial charge in [-0.05, 0) is 42.2 Å². The number of para-hydroxylation sites is 1. The van der Waals surface area contributed by atoms with Gasteiger partial charge in [-0.3, -0.25) is 9.59 Å². The van der Waals surface area contributed by atoms with Crippen molar-refractivity contribution >= 4 is 17.5 Å². The van der Waals surface area contributed by atoms with Crippen molar-refractivity contribution < 1.29 is 14.0 Å². The van der Waals surface area contributed by atoms with Gasteiger partial charge in [-0.15, -0.1) is 0 Å². The van der Waals surface area contributed by atoms with E-state index >= 15 is 0 Å². The van der Waals surface area contributed by atoms with Crippen molar-refractivity contribution in [3.8, 4) is 0 Å². The summed E-state index contributed by atoms with van der Waals surface area (Å²) in [5.41, 5.74) is 2.24. The Balaban J connectivity index is 1.80. The van der Waals surface area contributed by atoms with Gasteiger partial charge in [-0.25, -0.2) is 4.39 Å². The molecule has 25 heavy (non-hydrogen) atoms. The van der Waals surface area contributed by atoms with E-state index in [2.05, 4.69) is 5.32 Å². The molecule has 1 aliphatic heterocycles. The Morgan fingerprint density at radius 2 is 1.88 bits per heavy atom. The number of carbonyl (C=O) groups excluding carboxylic acids is 2. The van der Waals surface area contributed by atoms with Gasteiger partial charge in [-0.1, -0.05) is 38.1 Å². The second kappa shape index (κ2) is 7.05. The van der Waals surface area contributed by atoms with Crippen LogP contribution in [0.1, 0.15) is 29.8 Å². The number of halogens is 1. The predicted molar refractivity (Wildman–Crippen MR) is 95.0 cm³/mol. The third-order valence-corrected chi connectivity index (χ3v) is 4.46. The van der Waals surface area contributed by atoms with Crippen LogP contribution in [0.3, 0.4) is 0 Å². The number of benzene rings is 2. The van der Waals surface area contributed by atoms with E-state index in [1.54, 1.807) is 4.90 Å². The van der Waals surface area contributed by atoms with Gasteiger partial charge < -0.3 is 10.2 Å². The zero-order chi connectivity index (χ0) is 18.0. The minimum atomic E-state index is -0.665. The lowest BCUT2D eigenvalue weighted by atomic mass is 10.0. The maximum atomic E-state index is 13.3. The molecule has 2 aromatic carbocycles. The number of nitrogens with zero attached hydrogens (tertiary/aromatic N) is 1. The van der Waals surface area contributed by atoms with E-state index in [-0.39, 0.29) is 17.4 Å². The quantitative estimate of drug-likeness (QED) is 0.929. The fraction of sp³-hybridized carbons (Fsp3) is 0.300. The molecule has 4 nitrogen and oxygen atoms in total. The van der Waals surface area contributed by atoms with Crippen LogP contribution in [0.4, 0.5) is 10.1 Å². The first kappa shape index (κ1) is 17.1. The SMILES string of the molecule is CC(C)[C@H](NC(=O)c1cccc(F)c1)C(=O)N1CCc2ccccc21. The number of amides is 2. The van der Waals surface area contributed by atoms with Crippen LogP contribution < -0.4 is 10.2 Å². The summed E-state index contributed by atoms with van der Waals surface area (Å²) in [5.74, 6) is -1.14. The fourth-order valence-corrected chi connectivity index (χ4v) is 3.10. The highest BCUT2D eigenvalue weighted by molar-refractivity contribution is 6.03. The molecule has 1 N–H and O–H groups in total. The van der Waals surface area contributed by atoms with E-state index in [1.165, 1.54) is 24.3 Å². The lowest BCUT2D eigenvalue weighted by Gasteiger charge is -2.27. The summed E-state index contributed by atoms with van der Waals surface area (Å²) >= 11 is 0. The third-order valence-electron chi connectivity index (χ3n) is 4.46. The van der Waals surface area contributed by atoms with Crippen molar-refractivity contribution in [2.24, 2.45) is 5.92 Å². The number of hydrogen-bond acceptors (Lipinski definition) is 2. The Kier molecular flexibility index (Phi) is 4.83. The Bertz CT molecular complexity index is 804. The number of anilines is 1. The van der Waals surface area contributed by atoms with E-state index in [0.717, 1.165) is 17.7 Å². The molecule has 0 unspecified atom stereocenters. The molecule has 2 aromatic rings. The van der Waals surface area contributed by atoms with E-state index < -0.39 is 17.8 Å². The molecule has 0 saturated carbocycles. The standard InChI is InChI=1S/C20H21FN2O2/c1-13(2)18(22-19(24)15-7-5-8-16(21)12-15)20(25)23-11-10-14-6-3-4-9-17(14)23/h3-9,12-13,18H,10-11H2,1-2H3,(H,22,24)/t18-/m0/s1. The second-order valence-corrected chi connectivity index (χ2v) is 6.57. The molecule has 5 heteroatoms. The van der Waals surface area contributed by atoms with Crippen LogP contribution in [0, 0.1) is 11.7 Å². The highest BCUT2D eigenvalue weighted by atomic mass is 19.1. The maximum absolute atomic E-state index is 13.3. The van der Waals surface area contributed by atoms with Crippen molar-refractivity contribution in [2.75, 3.05) is 11.4 Å². The average molecular weight is 340 g/mol. The van der Waals surface area contributed by atoms with Crippen LogP contribution in [0.15, 0.2) is 48.5 Å². The normalized spacial score (nSPS) is 14.3. The molecular weight excluding hydrogens is 319 g/mol. The summed E-state index contributed by atoms with van der Waals surface area (Å²) in [5, 5.41) is 2.77. The van der Waals surface area contributed by atoms with E-state index in [9.17, 15) is 14.0 Å². The molecule has 0 saturated heterocycles. The molecule has 1 aliphatic rings. The van der Waals surface area contributed by atoms with Crippen LogP contribution in [0.25, 0.3) is 0 Å². The minimum absolute atomic E-state index is 0.0854. The Morgan fingerprint density at radius 3 is 2.60 bits per heavy atom. The number of fused-ring (bicyclic) bond motifs is 1. The molecular formula is C20H21FN2O2. The van der Waals surface area contributed by atoms with Gasteiger partial charge in [0.1, 0.15) is 11.9 Å². The zero-order valence-corrected chi connectivity index (χ0v) is 14.3. The molecule has 2 amide bonds. The van der Waals surface area contributed by atoms with Gasteiger partial charge in [0.2, 0.25) is 5.91 Å². The molecule has 0 radical (unpaired) electrons. The highest BCUT2D eigenvalue weighted by Crippen LogP contribution is 2.28. The molecule has 130 valence electrons. The molecule has 0 aliphatic carbocycles. The average Bonchev–Trinajstić information content (AvgIpc) is 3.02. The molecule has 0 aromatic heterocycles. The van der Waals surface area contributed by atoms with E-state index in [0.29, 0.717) is 6.54 Å². The second-order valence-electron chi connectivity index (χ2n) is 6.57. The van der Waals surface area contributed by atoms with Gasteiger partial charge in [0.15, 0.2) is 0 Å². The highest BCUT2D eigenvalue weighted by Gasteiger charge is 2.32. The number of rotatable bonds is 4. The molecule has 3 rings (SSSR count). The van der Waals surface area contributed by atoms with Crippen LogP contribution in [-0.4, -0.2) is 24.4 Å². The van der Waals surface area contributed by atoms with Crippen molar-refractivity contribution in [2.45, 2.75) is 26.3 Å². The molecule has 0 fully saturated rings. The summed E-state index contributed by atoms with van der Waals surface area (Å²) in [4.78, 5) is 27.2. The summed E-state index contributed by atoms with van der Waals surface area (Å²) < 4.78 is 13.3. The number of hydrogen-bond donors (Lipinski definition) is 1. The molecule has 0 spiro atoms. The van der Waals surface area contributed by atoms with Crippen molar-refractivity contribution in [1.29, 1.82) is 0 Å². The van der Waals surface area contributed by atoms with Crippen molar-refractivity contribution in [3.63, 3.8) is 0 Å². The number of carbonyl (C=O) groups is 2. The van der Waals surface area contributed by atoms with Crippen LogP contribution in [-0.2, 0) is 11.2 Å². The van der Waals surface area contributed by atoms with Crippen LogP contribution in [0.5, 0.6) is 0 Å². The zero-order valence-electron chi connectivity index (χ0n) is 14.3. The first-order valence-corrected chi connectivity index (χ1v) is 8.43. The lowest BCUT2D eigenvalue weighted by molar-refractivity contribution is -0.121. The van der Waals surface area contributed by atoms with Gasteiger partial charge in [0.05, 0.1) is 0 Å². The fourth-order valence-electron chi connectivity index (χ4n) is 3.10. The number of nitrogens with one attached hydrogen (secondary N) is 1.